The number of amides is 3. The highest BCUT2D eigenvalue weighted by atomic mass is 35.5. The molecule has 0 aliphatic rings. The molecule has 0 unspecified atom stereocenters. The van der Waals surface area contributed by atoms with Gasteiger partial charge in [0.25, 0.3) is 5.91 Å². The van der Waals surface area contributed by atoms with Gasteiger partial charge in [-0.15, -0.1) is 0 Å². The number of para-hydroxylation sites is 1. The maximum absolute atomic E-state index is 12.2. The highest BCUT2D eigenvalue weighted by Crippen LogP contribution is 2.19. The third-order valence-electron chi connectivity index (χ3n) is 3.91. The molecule has 0 atom stereocenters. The Morgan fingerprint density at radius 1 is 1.15 bits per heavy atom. The van der Waals surface area contributed by atoms with Crippen LogP contribution in [0, 0.1) is 13.8 Å². The van der Waals surface area contributed by atoms with E-state index in [-0.39, 0.29) is 24.7 Å². The number of carbonyl (C=O) groups is 3. The van der Waals surface area contributed by atoms with E-state index in [0.29, 0.717) is 5.02 Å². The van der Waals surface area contributed by atoms with Crippen LogP contribution in [0.4, 0.5) is 5.69 Å². The number of likely N-dealkylation sites (N-methyl/N-ethyl adjacent to an activating group) is 1. The van der Waals surface area contributed by atoms with Crippen LogP contribution in [0.5, 0.6) is 0 Å². The van der Waals surface area contributed by atoms with Gasteiger partial charge in [0.15, 0.2) is 0 Å². The number of anilines is 1. The number of rotatable bonds is 6. The predicted octanol–water partition coefficient (Wildman–Crippen LogP) is 2.18. The quantitative estimate of drug-likeness (QED) is 0.793. The molecule has 7 nitrogen and oxygen atoms in total. The SMILES string of the molecule is Cc1cccc(C)c1NC(=O)CN(C)C(=O)CNC(=O)c1cc(Cl)ccn1. The van der Waals surface area contributed by atoms with Crippen LogP contribution in [0.3, 0.4) is 0 Å². The van der Waals surface area contributed by atoms with E-state index >= 15 is 0 Å². The third-order valence-corrected chi connectivity index (χ3v) is 4.14. The molecule has 0 saturated heterocycles. The molecule has 3 amide bonds. The number of benzene rings is 1. The van der Waals surface area contributed by atoms with Gasteiger partial charge in [0.05, 0.1) is 13.1 Å². The van der Waals surface area contributed by atoms with Gasteiger partial charge in [-0.25, -0.2) is 0 Å². The lowest BCUT2D eigenvalue weighted by Gasteiger charge is -2.18. The topological polar surface area (TPSA) is 91.4 Å². The number of hydrogen-bond donors (Lipinski definition) is 2. The molecule has 0 saturated carbocycles. The molecule has 142 valence electrons. The van der Waals surface area contributed by atoms with Crippen molar-refractivity contribution in [1.29, 1.82) is 0 Å². The third kappa shape index (κ3) is 5.79. The van der Waals surface area contributed by atoms with E-state index in [0.717, 1.165) is 16.8 Å². The first kappa shape index (κ1) is 20.4. The number of aromatic nitrogens is 1. The van der Waals surface area contributed by atoms with Crippen LogP contribution in [0.2, 0.25) is 5.02 Å². The average Bonchev–Trinajstić information content (AvgIpc) is 2.62. The van der Waals surface area contributed by atoms with Crippen LogP contribution in [0.25, 0.3) is 0 Å². The molecule has 2 aromatic rings. The lowest BCUT2D eigenvalue weighted by molar-refractivity contribution is -0.132. The van der Waals surface area contributed by atoms with Gasteiger partial charge >= 0.3 is 0 Å². The van der Waals surface area contributed by atoms with E-state index in [4.69, 9.17) is 11.6 Å². The molecule has 0 aliphatic carbocycles. The normalized spacial score (nSPS) is 10.2. The summed E-state index contributed by atoms with van der Waals surface area (Å²) < 4.78 is 0. The molecular formula is C19H21ClN4O3. The summed E-state index contributed by atoms with van der Waals surface area (Å²) in [6, 6.07) is 8.66. The van der Waals surface area contributed by atoms with Gasteiger partial charge in [0.2, 0.25) is 11.8 Å². The highest BCUT2D eigenvalue weighted by molar-refractivity contribution is 6.30. The molecule has 1 aromatic heterocycles. The molecule has 2 rings (SSSR count). The number of pyridine rings is 1. The minimum Gasteiger partial charge on any atom is -0.342 e. The molecule has 0 spiro atoms. The maximum Gasteiger partial charge on any atom is 0.270 e. The van der Waals surface area contributed by atoms with Crippen LogP contribution < -0.4 is 10.6 Å². The summed E-state index contributed by atoms with van der Waals surface area (Å²) in [6.07, 6.45) is 1.41. The molecule has 27 heavy (non-hydrogen) atoms. The molecule has 1 heterocycles. The Morgan fingerprint density at radius 2 is 1.81 bits per heavy atom. The second kappa shape index (κ2) is 9.14. The fourth-order valence-electron chi connectivity index (χ4n) is 2.40. The van der Waals surface area contributed by atoms with Crippen molar-refractivity contribution >= 4 is 35.0 Å². The van der Waals surface area contributed by atoms with Gasteiger partial charge in [0, 0.05) is 24.0 Å². The Labute approximate surface area is 162 Å². The number of aryl methyl sites for hydroxylation is 2. The number of carbonyl (C=O) groups excluding carboxylic acids is 3. The second-order valence-corrected chi connectivity index (χ2v) is 6.54. The Kier molecular flexibility index (Phi) is 6.90. The number of hydrogen-bond acceptors (Lipinski definition) is 4. The summed E-state index contributed by atoms with van der Waals surface area (Å²) in [4.78, 5) is 41.5. The van der Waals surface area contributed by atoms with Crippen molar-refractivity contribution in [2.45, 2.75) is 13.8 Å². The zero-order valence-corrected chi connectivity index (χ0v) is 16.1. The van der Waals surface area contributed by atoms with Crippen molar-refractivity contribution in [3.63, 3.8) is 0 Å². The van der Waals surface area contributed by atoms with E-state index in [1.807, 2.05) is 32.0 Å². The lowest BCUT2D eigenvalue weighted by Crippen LogP contribution is -2.41. The largest absolute Gasteiger partial charge is 0.342 e. The lowest BCUT2D eigenvalue weighted by atomic mass is 10.1. The number of halogens is 1. The molecule has 0 bridgehead atoms. The first-order valence-electron chi connectivity index (χ1n) is 8.27. The van der Waals surface area contributed by atoms with Crippen molar-refractivity contribution in [1.82, 2.24) is 15.2 Å². The Hall–Kier alpha value is -2.93. The Bertz CT molecular complexity index is 850. The van der Waals surface area contributed by atoms with Crippen LogP contribution >= 0.6 is 11.6 Å². The summed E-state index contributed by atoms with van der Waals surface area (Å²) in [6.45, 7) is 3.42. The molecule has 1 aromatic carbocycles. The van der Waals surface area contributed by atoms with Crippen molar-refractivity contribution < 1.29 is 14.4 Å². The van der Waals surface area contributed by atoms with Crippen LogP contribution in [-0.2, 0) is 9.59 Å². The minimum atomic E-state index is -0.515. The van der Waals surface area contributed by atoms with Gasteiger partial charge in [-0.2, -0.15) is 0 Å². The molecular weight excluding hydrogens is 368 g/mol. The van der Waals surface area contributed by atoms with Crippen LogP contribution in [0.15, 0.2) is 36.5 Å². The standard InChI is InChI=1S/C19H21ClN4O3/c1-12-5-4-6-13(2)18(12)23-16(25)11-24(3)17(26)10-22-19(27)15-9-14(20)7-8-21-15/h4-9H,10-11H2,1-3H3,(H,22,27)(H,23,25). The molecule has 0 aliphatic heterocycles. The van der Waals surface area contributed by atoms with Gasteiger partial charge in [-0.05, 0) is 37.1 Å². The zero-order chi connectivity index (χ0) is 20.0. The summed E-state index contributed by atoms with van der Waals surface area (Å²) in [5.74, 6) is -1.23. The maximum atomic E-state index is 12.2. The monoisotopic (exact) mass is 388 g/mol. The molecule has 8 heteroatoms. The summed E-state index contributed by atoms with van der Waals surface area (Å²) in [5.41, 5.74) is 2.74. The van der Waals surface area contributed by atoms with Crippen molar-refractivity contribution in [3.05, 3.63) is 58.4 Å². The average molecular weight is 389 g/mol. The summed E-state index contributed by atoms with van der Waals surface area (Å²) in [7, 11) is 1.50. The first-order chi connectivity index (χ1) is 12.8. The van der Waals surface area contributed by atoms with E-state index in [2.05, 4.69) is 15.6 Å². The van der Waals surface area contributed by atoms with Crippen molar-refractivity contribution in [3.8, 4) is 0 Å². The van der Waals surface area contributed by atoms with Crippen LogP contribution in [-0.4, -0.2) is 47.7 Å². The van der Waals surface area contributed by atoms with Gasteiger partial charge in [-0.1, -0.05) is 29.8 Å². The molecule has 2 N–H and O–H groups in total. The van der Waals surface area contributed by atoms with Crippen molar-refractivity contribution in [2.75, 3.05) is 25.5 Å². The summed E-state index contributed by atoms with van der Waals surface area (Å²) in [5, 5.41) is 5.66. The highest BCUT2D eigenvalue weighted by Gasteiger charge is 2.16. The number of nitrogens with zero attached hydrogens (tertiary/aromatic N) is 2. The minimum absolute atomic E-state index is 0.116. The fraction of sp³-hybridized carbons (Fsp3) is 0.263. The van der Waals surface area contributed by atoms with Crippen molar-refractivity contribution in [2.24, 2.45) is 0 Å². The predicted molar refractivity (Wildman–Crippen MR) is 104 cm³/mol. The van der Waals surface area contributed by atoms with Crippen LogP contribution in [0.1, 0.15) is 21.6 Å². The smallest absolute Gasteiger partial charge is 0.270 e. The molecule has 0 fully saturated rings. The fourth-order valence-corrected chi connectivity index (χ4v) is 2.56. The van der Waals surface area contributed by atoms with E-state index in [1.165, 1.54) is 24.2 Å². The second-order valence-electron chi connectivity index (χ2n) is 6.11. The number of nitrogens with one attached hydrogen (secondary N) is 2. The van der Waals surface area contributed by atoms with E-state index in [9.17, 15) is 14.4 Å². The first-order valence-corrected chi connectivity index (χ1v) is 8.65. The molecule has 0 radical (unpaired) electrons. The van der Waals surface area contributed by atoms with Gasteiger partial charge < -0.3 is 15.5 Å². The van der Waals surface area contributed by atoms with E-state index < -0.39 is 11.8 Å². The Balaban J connectivity index is 1.86. The van der Waals surface area contributed by atoms with Gasteiger partial charge in [0.1, 0.15) is 5.69 Å². The Morgan fingerprint density at radius 3 is 2.44 bits per heavy atom. The zero-order valence-electron chi connectivity index (χ0n) is 15.4. The van der Waals surface area contributed by atoms with Gasteiger partial charge in [-0.3, -0.25) is 19.4 Å². The summed E-state index contributed by atoms with van der Waals surface area (Å²) >= 11 is 5.81. The van der Waals surface area contributed by atoms with E-state index in [1.54, 1.807) is 6.07 Å².